The highest BCUT2D eigenvalue weighted by Gasteiger charge is 2.15. The van der Waals surface area contributed by atoms with E-state index in [0.29, 0.717) is 5.41 Å². The van der Waals surface area contributed by atoms with E-state index in [1.54, 1.807) is 0 Å². The van der Waals surface area contributed by atoms with Crippen molar-refractivity contribution in [2.24, 2.45) is 11.3 Å². The normalized spacial score (nSPS) is 11.3. The summed E-state index contributed by atoms with van der Waals surface area (Å²) in [5.74, 6) is 6.87. The average Bonchev–Trinajstić information content (AvgIpc) is 2.09. The molecule has 14 heavy (non-hydrogen) atoms. The lowest BCUT2D eigenvalue weighted by Crippen LogP contribution is -2.25. The highest BCUT2D eigenvalue weighted by atomic mass is 14.8. The van der Waals surface area contributed by atoms with Gasteiger partial charge in [0.05, 0.1) is 0 Å². The number of hydrogen-bond acceptors (Lipinski definition) is 1. The van der Waals surface area contributed by atoms with Crippen molar-refractivity contribution in [1.29, 1.82) is 0 Å². The van der Waals surface area contributed by atoms with Gasteiger partial charge in [0, 0.05) is 6.42 Å². The third kappa shape index (κ3) is 8.13. The minimum Gasteiger partial charge on any atom is -0.316 e. The topological polar surface area (TPSA) is 12.0 Å². The van der Waals surface area contributed by atoms with Crippen LogP contribution in [-0.4, -0.2) is 13.1 Å². The van der Waals surface area contributed by atoms with Crippen molar-refractivity contribution in [3.05, 3.63) is 0 Å². The summed E-state index contributed by atoms with van der Waals surface area (Å²) in [7, 11) is 0. The molecule has 0 unspecified atom stereocenters. The van der Waals surface area contributed by atoms with Crippen molar-refractivity contribution in [2.75, 3.05) is 13.1 Å². The monoisotopic (exact) mass is 195 g/mol. The lowest BCUT2D eigenvalue weighted by atomic mass is 9.86. The first-order chi connectivity index (χ1) is 6.48. The molecule has 0 atom stereocenters. The zero-order chi connectivity index (χ0) is 11.0. The zero-order valence-corrected chi connectivity index (χ0v) is 10.4. The maximum absolute atomic E-state index is 3.47. The van der Waals surface area contributed by atoms with Crippen molar-refractivity contribution in [3.63, 3.8) is 0 Å². The van der Waals surface area contributed by atoms with Crippen LogP contribution in [0.25, 0.3) is 0 Å². The van der Waals surface area contributed by atoms with Gasteiger partial charge in [0.1, 0.15) is 0 Å². The molecule has 0 amide bonds. The molecule has 0 heterocycles. The van der Waals surface area contributed by atoms with E-state index in [4.69, 9.17) is 0 Å². The molecule has 0 radical (unpaired) electrons. The van der Waals surface area contributed by atoms with Crippen molar-refractivity contribution in [2.45, 2.75) is 47.5 Å². The van der Waals surface area contributed by atoms with Crippen LogP contribution in [0.1, 0.15) is 47.5 Å². The molecule has 82 valence electrons. The molecule has 0 aliphatic heterocycles. The fraction of sp³-hybridized carbons (Fsp3) is 0.846. The Bertz CT molecular complexity index is 193. The van der Waals surface area contributed by atoms with Gasteiger partial charge in [-0.25, -0.2) is 0 Å². The van der Waals surface area contributed by atoms with E-state index in [1.807, 2.05) is 6.92 Å². The molecule has 0 aliphatic carbocycles. The first-order valence-electron chi connectivity index (χ1n) is 5.58. The van der Waals surface area contributed by atoms with Crippen molar-refractivity contribution < 1.29 is 0 Å². The Hall–Kier alpha value is -0.480. The second kappa shape index (κ2) is 6.90. The van der Waals surface area contributed by atoms with Crippen LogP contribution in [0, 0.1) is 23.2 Å². The van der Waals surface area contributed by atoms with Crippen LogP contribution >= 0.6 is 0 Å². The van der Waals surface area contributed by atoms with E-state index < -0.39 is 0 Å². The van der Waals surface area contributed by atoms with Crippen LogP contribution in [0.2, 0.25) is 0 Å². The number of rotatable bonds is 6. The Kier molecular flexibility index (Phi) is 6.66. The Balaban J connectivity index is 3.58. The summed E-state index contributed by atoms with van der Waals surface area (Å²) < 4.78 is 0. The molecule has 0 bridgehead atoms. The zero-order valence-electron chi connectivity index (χ0n) is 10.4. The molecule has 0 aromatic rings. The van der Waals surface area contributed by atoms with Gasteiger partial charge in [-0.2, -0.15) is 0 Å². The van der Waals surface area contributed by atoms with E-state index in [-0.39, 0.29) is 0 Å². The van der Waals surface area contributed by atoms with Crippen LogP contribution in [0.4, 0.5) is 0 Å². The second-order valence-electron chi connectivity index (χ2n) is 5.12. The second-order valence-corrected chi connectivity index (χ2v) is 5.12. The Morgan fingerprint density at radius 1 is 1.29 bits per heavy atom. The molecule has 0 aromatic carbocycles. The van der Waals surface area contributed by atoms with E-state index in [1.165, 1.54) is 6.42 Å². The van der Waals surface area contributed by atoms with E-state index in [0.717, 1.165) is 25.4 Å². The smallest absolute Gasteiger partial charge is 0.0140 e. The van der Waals surface area contributed by atoms with Crippen LogP contribution in [-0.2, 0) is 0 Å². The van der Waals surface area contributed by atoms with Gasteiger partial charge in [0.25, 0.3) is 0 Å². The Labute approximate surface area is 89.7 Å². The molecular weight excluding hydrogens is 170 g/mol. The summed E-state index contributed by atoms with van der Waals surface area (Å²) in [6.07, 6.45) is 2.21. The minimum atomic E-state index is 0.354. The fourth-order valence-electron chi connectivity index (χ4n) is 1.23. The quantitative estimate of drug-likeness (QED) is 0.507. The van der Waals surface area contributed by atoms with Gasteiger partial charge in [-0.3, -0.25) is 0 Å². The molecule has 0 spiro atoms. The number of hydrogen-bond donors (Lipinski definition) is 1. The van der Waals surface area contributed by atoms with Crippen LogP contribution in [0.15, 0.2) is 0 Å². The largest absolute Gasteiger partial charge is 0.316 e. The first kappa shape index (κ1) is 13.5. The predicted molar refractivity (Wildman–Crippen MR) is 64.2 cm³/mol. The molecular formula is C13H25N. The summed E-state index contributed by atoms with van der Waals surface area (Å²) in [4.78, 5) is 0. The van der Waals surface area contributed by atoms with E-state index >= 15 is 0 Å². The maximum Gasteiger partial charge on any atom is 0.0140 e. The summed E-state index contributed by atoms with van der Waals surface area (Å²) >= 11 is 0. The SMILES string of the molecule is CC#CCC(C)(C)CCNCC(C)C. The number of nitrogens with one attached hydrogen (secondary N) is 1. The van der Waals surface area contributed by atoms with Gasteiger partial charge in [0.2, 0.25) is 0 Å². The van der Waals surface area contributed by atoms with Gasteiger partial charge in [-0.1, -0.05) is 27.7 Å². The summed E-state index contributed by atoms with van der Waals surface area (Å²) in [6, 6.07) is 0. The lowest BCUT2D eigenvalue weighted by molar-refractivity contribution is 0.333. The third-order valence-electron chi connectivity index (χ3n) is 2.27. The minimum absolute atomic E-state index is 0.354. The van der Waals surface area contributed by atoms with Crippen molar-refractivity contribution in [3.8, 4) is 11.8 Å². The fourth-order valence-corrected chi connectivity index (χ4v) is 1.23. The molecule has 0 saturated carbocycles. The van der Waals surface area contributed by atoms with Crippen molar-refractivity contribution >= 4 is 0 Å². The van der Waals surface area contributed by atoms with E-state index in [9.17, 15) is 0 Å². The molecule has 0 fully saturated rings. The molecule has 1 nitrogen and oxygen atoms in total. The third-order valence-corrected chi connectivity index (χ3v) is 2.27. The predicted octanol–water partition coefficient (Wildman–Crippen LogP) is 3.06. The van der Waals surface area contributed by atoms with Crippen LogP contribution in [0.5, 0.6) is 0 Å². The maximum atomic E-state index is 3.47. The van der Waals surface area contributed by atoms with Gasteiger partial charge in [-0.15, -0.1) is 11.8 Å². The highest BCUT2D eigenvalue weighted by molar-refractivity contribution is 4.98. The Morgan fingerprint density at radius 2 is 1.93 bits per heavy atom. The highest BCUT2D eigenvalue weighted by Crippen LogP contribution is 2.23. The molecule has 0 rings (SSSR count). The average molecular weight is 195 g/mol. The van der Waals surface area contributed by atoms with E-state index in [2.05, 4.69) is 44.9 Å². The molecule has 0 aliphatic rings. The first-order valence-corrected chi connectivity index (χ1v) is 5.58. The summed E-state index contributed by atoms with van der Waals surface area (Å²) in [5.41, 5.74) is 0.354. The Morgan fingerprint density at radius 3 is 2.43 bits per heavy atom. The molecule has 0 aromatic heterocycles. The molecule has 1 N–H and O–H groups in total. The van der Waals surface area contributed by atoms with Crippen LogP contribution < -0.4 is 5.32 Å². The standard InChI is InChI=1S/C13H25N/c1-6-7-8-13(4,5)9-10-14-11-12(2)3/h12,14H,8-11H2,1-5H3. The molecule has 1 heteroatoms. The van der Waals surface area contributed by atoms with Gasteiger partial charge < -0.3 is 5.32 Å². The summed E-state index contributed by atoms with van der Waals surface area (Å²) in [6.45, 7) is 13.2. The summed E-state index contributed by atoms with van der Waals surface area (Å²) in [5, 5.41) is 3.47. The van der Waals surface area contributed by atoms with Gasteiger partial charge >= 0.3 is 0 Å². The van der Waals surface area contributed by atoms with Gasteiger partial charge in [0.15, 0.2) is 0 Å². The van der Waals surface area contributed by atoms with Crippen molar-refractivity contribution in [1.82, 2.24) is 5.32 Å². The lowest BCUT2D eigenvalue weighted by Gasteiger charge is -2.22. The molecule has 0 saturated heterocycles. The van der Waals surface area contributed by atoms with Crippen LogP contribution in [0.3, 0.4) is 0 Å². The van der Waals surface area contributed by atoms with Gasteiger partial charge in [-0.05, 0) is 37.8 Å².